The van der Waals surface area contributed by atoms with Crippen molar-refractivity contribution >= 4 is 21.8 Å². The highest BCUT2D eigenvalue weighted by Crippen LogP contribution is 2.22. The van der Waals surface area contributed by atoms with Crippen LogP contribution in [0.4, 0.5) is 0 Å². The number of nitrogens with two attached hydrogens (primary N) is 1. The van der Waals surface area contributed by atoms with Crippen molar-refractivity contribution in [2.75, 3.05) is 13.7 Å². The number of benzene rings is 1. The Morgan fingerprint density at radius 2 is 2.17 bits per heavy atom. The van der Waals surface area contributed by atoms with E-state index in [1.54, 1.807) is 7.11 Å². The number of rotatable bonds is 6. The van der Waals surface area contributed by atoms with Crippen LogP contribution >= 0.6 is 15.9 Å². The molecular weight excluding hydrogens is 296 g/mol. The Bertz CT molecular complexity index is 394. The van der Waals surface area contributed by atoms with Crippen LogP contribution in [0, 0.1) is 0 Å². The Balaban J connectivity index is 2.57. The molecule has 0 heterocycles. The van der Waals surface area contributed by atoms with Crippen molar-refractivity contribution in [1.82, 2.24) is 5.32 Å². The van der Waals surface area contributed by atoms with E-state index in [0.717, 1.165) is 10.0 Å². The molecule has 0 aliphatic carbocycles. The van der Waals surface area contributed by atoms with Crippen molar-refractivity contribution in [3.8, 4) is 0 Å². The maximum Gasteiger partial charge on any atom is 0.223 e. The molecule has 0 spiro atoms. The van der Waals surface area contributed by atoms with Gasteiger partial charge in [0.15, 0.2) is 0 Å². The number of methoxy groups -OCH3 is 1. The lowest BCUT2D eigenvalue weighted by Crippen LogP contribution is -2.33. The summed E-state index contributed by atoms with van der Waals surface area (Å²) in [5.74, 6) is -0.0597. The number of ether oxygens (including phenoxy) is 1. The highest BCUT2D eigenvalue weighted by molar-refractivity contribution is 9.10. The smallest absolute Gasteiger partial charge is 0.223 e. The molecule has 0 aliphatic rings. The van der Waals surface area contributed by atoms with Gasteiger partial charge < -0.3 is 15.8 Å². The topological polar surface area (TPSA) is 64.3 Å². The van der Waals surface area contributed by atoms with Crippen molar-refractivity contribution < 1.29 is 9.53 Å². The lowest BCUT2D eigenvalue weighted by Gasteiger charge is -2.18. The third kappa shape index (κ3) is 4.40. The van der Waals surface area contributed by atoms with Crippen molar-refractivity contribution in [2.45, 2.75) is 25.5 Å². The third-order valence-corrected chi connectivity index (χ3v) is 3.48. The van der Waals surface area contributed by atoms with Gasteiger partial charge in [0.2, 0.25) is 5.91 Å². The first-order chi connectivity index (χ1) is 8.58. The standard InChI is InChI=1S/C13H19BrN2O2/c1-9(11-5-3-4-6-12(11)14)16-13(17)7-10(8-15)18-2/h3-6,9-10H,7-8,15H2,1-2H3,(H,16,17). The van der Waals surface area contributed by atoms with Crippen LogP contribution in [-0.2, 0) is 9.53 Å². The summed E-state index contributed by atoms with van der Waals surface area (Å²) in [6.07, 6.45) is 0.0540. The van der Waals surface area contributed by atoms with Crippen LogP contribution in [0.2, 0.25) is 0 Å². The van der Waals surface area contributed by atoms with Gasteiger partial charge in [0.1, 0.15) is 0 Å². The zero-order valence-electron chi connectivity index (χ0n) is 10.7. The first-order valence-electron chi connectivity index (χ1n) is 5.85. The molecule has 0 aliphatic heterocycles. The van der Waals surface area contributed by atoms with Gasteiger partial charge in [-0.2, -0.15) is 0 Å². The summed E-state index contributed by atoms with van der Waals surface area (Å²) in [7, 11) is 1.56. The fourth-order valence-corrected chi connectivity index (χ4v) is 2.30. The van der Waals surface area contributed by atoms with Gasteiger partial charge in [-0.25, -0.2) is 0 Å². The van der Waals surface area contributed by atoms with Crippen molar-refractivity contribution in [3.63, 3.8) is 0 Å². The molecule has 18 heavy (non-hydrogen) atoms. The molecule has 2 unspecified atom stereocenters. The second kappa shape index (κ2) is 7.51. The number of hydrogen-bond donors (Lipinski definition) is 2. The van der Waals surface area contributed by atoms with E-state index in [-0.39, 0.29) is 24.5 Å². The molecule has 1 rings (SSSR count). The van der Waals surface area contributed by atoms with Crippen LogP contribution in [0.1, 0.15) is 24.9 Å². The van der Waals surface area contributed by atoms with Gasteiger partial charge in [-0.1, -0.05) is 34.1 Å². The van der Waals surface area contributed by atoms with Crippen LogP contribution in [0.15, 0.2) is 28.7 Å². The number of hydrogen-bond acceptors (Lipinski definition) is 3. The zero-order chi connectivity index (χ0) is 13.5. The number of amides is 1. The van der Waals surface area contributed by atoms with Gasteiger partial charge in [0.05, 0.1) is 18.6 Å². The van der Waals surface area contributed by atoms with E-state index >= 15 is 0 Å². The molecule has 0 radical (unpaired) electrons. The van der Waals surface area contributed by atoms with Crippen molar-refractivity contribution in [2.24, 2.45) is 5.73 Å². The van der Waals surface area contributed by atoms with E-state index < -0.39 is 0 Å². The molecule has 0 fully saturated rings. The summed E-state index contributed by atoms with van der Waals surface area (Å²) in [6.45, 7) is 2.29. The predicted molar refractivity (Wildman–Crippen MR) is 75.2 cm³/mol. The van der Waals surface area contributed by atoms with E-state index in [2.05, 4.69) is 21.2 Å². The fraction of sp³-hybridized carbons (Fsp3) is 0.462. The average molecular weight is 315 g/mol. The molecule has 5 heteroatoms. The number of halogens is 1. The van der Waals surface area contributed by atoms with E-state index in [1.807, 2.05) is 31.2 Å². The second-order valence-corrected chi connectivity index (χ2v) is 4.96. The second-order valence-electron chi connectivity index (χ2n) is 4.11. The number of nitrogens with one attached hydrogen (secondary N) is 1. The van der Waals surface area contributed by atoms with Crippen LogP contribution < -0.4 is 11.1 Å². The van der Waals surface area contributed by atoms with Gasteiger partial charge in [-0.3, -0.25) is 4.79 Å². The fourth-order valence-electron chi connectivity index (χ4n) is 1.67. The predicted octanol–water partition coefficient (Wildman–Crippen LogP) is 1.99. The average Bonchev–Trinajstić information content (AvgIpc) is 2.36. The quantitative estimate of drug-likeness (QED) is 0.844. The van der Waals surface area contributed by atoms with E-state index in [4.69, 9.17) is 10.5 Å². The molecule has 2 atom stereocenters. The summed E-state index contributed by atoms with van der Waals surface area (Å²) in [4.78, 5) is 11.8. The Morgan fingerprint density at radius 1 is 1.50 bits per heavy atom. The summed E-state index contributed by atoms with van der Waals surface area (Å²) >= 11 is 3.47. The highest BCUT2D eigenvalue weighted by Gasteiger charge is 2.15. The van der Waals surface area contributed by atoms with Crippen LogP contribution in [-0.4, -0.2) is 25.7 Å². The molecule has 1 aromatic carbocycles. The van der Waals surface area contributed by atoms with Gasteiger partial charge in [0.25, 0.3) is 0 Å². The molecular formula is C13H19BrN2O2. The first kappa shape index (κ1) is 15.1. The highest BCUT2D eigenvalue weighted by atomic mass is 79.9. The molecule has 0 bridgehead atoms. The summed E-state index contributed by atoms with van der Waals surface area (Å²) in [5.41, 5.74) is 6.53. The minimum Gasteiger partial charge on any atom is -0.380 e. The van der Waals surface area contributed by atoms with Gasteiger partial charge in [0, 0.05) is 18.1 Å². The number of carbonyl (C=O) groups excluding carboxylic acids is 1. The van der Waals surface area contributed by atoms with Gasteiger partial charge >= 0.3 is 0 Å². The minimum absolute atomic E-state index is 0.0524. The normalized spacial score (nSPS) is 14.0. The number of carbonyl (C=O) groups is 1. The summed E-state index contributed by atoms with van der Waals surface area (Å²) in [5, 5.41) is 2.93. The minimum atomic E-state index is -0.226. The Labute approximate surface area is 116 Å². The van der Waals surface area contributed by atoms with Crippen LogP contribution in [0.3, 0.4) is 0 Å². The van der Waals surface area contributed by atoms with E-state index in [9.17, 15) is 4.79 Å². The Hall–Kier alpha value is -0.910. The molecule has 1 amide bonds. The Kier molecular flexibility index (Phi) is 6.32. The lowest BCUT2D eigenvalue weighted by molar-refractivity contribution is -0.124. The summed E-state index contributed by atoms with van der Waals surface area (Å²) < 4.78 is 6.07. The monoisotopic (exact) mass is 314 g/mol. The lowest BCUT2D eigenvalue weighted by atomic mass is 10.1. The van der Waals surface area contributed by atoms with Crippen molar-refractivity contribution in [1.29, 1.82) is 0 Å². The SMILES string of the molecule is COC(CN)CC(=O)NC(C)c1ccccc1Br. The third-order valence-electron chi connectivity index (χ3n) is 2.76. The maximum absolute atomic E-state index is 11.8. The largest absolute Gasteiger partial charge is 0.380 e. The zero-order valence-corrected chi connectivity index (χ0v) is 12.2. The molecule has 3 N–H and O–H groups in total. The van der Waals surface area contributed by atoms with E-state index in [0.29, 0.717) is 6.54 Å². The molecule has 100 valence electrons. The van der Waals surface area contributed by atoms with Gasteiger partial charge in [-0.15, -0.1) is 0 Å². The molecule has 0 aromatic heterocycles. The molecule has 0 saturated carbocycles. The Morgan fingerprint density at radius 3 is 2.72 bits per heavy atom. The maximum atomic E-state index is 11.8. The van der Waals surface area contributed by atoms with E-state index in [1.165, 1.54) is 0 Å². The summed E-state index contributed by atoms with van der Waals surface area (Å²) in [6, 6.07) is 7.77. The van der Waals surface area contributed by atoms with Crippen LogP contribution in [0.25, 0.3) is 0 Å². The van der Waals surface area contributed by atoms with Crippen LogP contribution in [0.5, 0.6) is 0 Å². The molecule has 1 aromatic rings. The van der Waals surface area contributed by atoms with Gasteiger partial charge in [-0.05, 0) is 18.6 Å². The first-order valence-corrected chi connectivity index (χ1v) is 6.64. The molecule has 0 saturated heterocycles. The molecule has 4 nitrogen and oxygen atoms in total. The van der Waals surface area contributed by atoms with Crippen molar-refractivity contribution in [3.05, 3.63) is 34.3 Å².